The predicted octanol–water partition coefficient (Wildman–Crippen LogP) is 5.69. The first-order chi connectivity index (χ1) is 15.2. The van der Waals surface area contributed by atoms with Crippen LogP contribution in [-0.4, -0.2) is 26.3 Å². The van der Waals surface area contributed by atoms with Gasteiger partial charge >= 0.3 is 0 Å². The van der Waals surface area contributed by atoms with E-state index < -0.39 is 0 Å². The zero-order valence-electron chi connectivity index (χ0n) is 19.3. The Hall–Kier alpha value is -3.61. The van der Waals surface area contributed by atoms with Crippen LogP contribution >= 0.6 is 0 Å². The third kappa shape index (κ3) is 4.51. The summed E-state index contributed by atoms with van der Waals surface area (Å²) in [7, 11) is 0. The standard InChI is InChI=1S/C25H30N6O/c1-16(2)15-27-24-28-21(20-22(26)31(25(3,4)5)30-23(20)29-24)17-10-9-13-19(14-17)32-18-11-7-6-8-12-18/h6-14,16H,15,26H2,1-5H3,(H,27,29,30). The number of hydrogen-bond donors (Lipinski definition) is 2. The Kier molecular flexibility index (Phi) is 5.74. The van der Waals surface area contributed by atoms with Gasteiger partial charge < -0.3 is 15.8 Å². The predicted molar refractivity (Wildman–Crippen MR) is 130 cm³/mol. The fraction of sp³-hybridized carbons (Fsp3) is 0.320. The Bertz CT molecular complexity index is 1220. The number of fused-ring (bicyclic) bond motifs is 1. The molecule has 7 nitrogen and oxygen atoms in total. The van der Waals surface area contributed by atoms with Crippen LogP contribution in [0.15, 0.2) is 54.6 Å². The summed E-state index contributed by atoms with van der Waals surface area (Å²) in [4.78, 5) is 9.49. The molecule has 0 fully saturated rings. The minimum Gasteiger partial charge on any atom is -0.457 e. The SMILES string of the molecule is CC(C)CNc1nc(-c2cccc(Oc3ccccc3)c2)c2c(N)n(C(C)(C)C)nc2n1. The van der Waals surface area contributed by atoms with Gasteiger partial charge in [0.2, 0.25) is 5.95 Å². The van der Waals surface area contributed by atoms with Crippen molar-refractivity contribution in [3.05, 3.63) is 54.6 Å². The number of hydrogen-bond acceptors (Lipinski definition) is 6. The maximum atomic E-state index is 6.57. The van der Waals surface area contributed by atoms with Gasteiger partial charge in [-0.25, -0.2) is 9.67 Å². The molecule has 0 radical (unpaired) electrons. The average Bonchev–Trinajstić information content (AvgIpc) is 3.09. The second-order valence-electron chi connectivity index (χ2n) is 9.28. The van der Waals surface area contributed by atoms with Crippen molar-refractivity contribution in [3.8, 4) is 22.8 Å². The first kappa shape index (κ1) is 21.6. The third-order valence-electron chi connectivity index (χ3n) is 4.96. The van der Waals surface area contributed by atoms with Gasteiger partial charge in [0.05, 0.1) is 16.6 Å². The zero-order valence-corrected chi connectivity index (χ0v) is 19.3. The Labute approximate surface area is 188 Å². The quantitative estimate of drug-likeness (QED) is 0.408. The van der Waals surface area contributed by atoms with Gasteiger partial charge in [0.15, 0.2) is 5.65 Å². The molecule has 4 rings (SSSR count). The topological polar surface area (TPSA) is 90.9 Å². The number of nitrogens with zero attached hydrogens (tertiary/aromatic N) is 4. The van der Waals surface area contributed by atoms with Crippen molar-refractivity contribution >= 4 is 22.8 Å². The van der Waals surface area contributed by atoms with E-state index in [1.165, 1.54) is 0 Å². The highest BCUT2D eigenvalue weighted by molar-refractivity contribution is 5.99. The van der Waals surface area contributed by atoms with E-state index in [-0.39, 0.29) is 5.54 Å². The Balaban J connectivity index is 1.84. The summed E-state index contributed by atoms with van der Waals surface area (Å²) in [6, 6.07) is 17.5. The summed E-state index contributed by atoms with van der Waals surface area (Å²) in [6.45, 7) is 11.2. The highest BCUT2D eigenvalue weighted by Gasteiger charge is 2.24. The van der Waals surface area contributed by atoms with Crippen LogP contribution < -0.4 is 15.8 Å². The lowest BCUT2D eigenvalue weighted by Gasteiger charge is -2.20. The number of ether oxygens (including phenoxy) is 1. The second kappa shape index (κ2) is 8.49. The number of para-hydroxylation sites is 1. The summed E-state index contributed by atoms with van der Waals surface area (Å²) in [5.41, 5.74) is 8.47. The lowest BCUT2D eigenvalue weighted by molar-refractivity contribution is 0.364. The summed E-state index contributed by atoms with van der Waals surface area (Å²) < 4.78 is 7.85. The van der Waals surface area contributed by atoms with Crippen molar-refractivity contribution in [3.63, 3.8) is 0 Å². The second-order valence-corrected chi connectivity index (χ2v) is 9.28. The zero-order chi connectivity index (χ0) is 22.9. The molecule has 0 atom stereocenters. The van der Waals surface area contributed by atoms with Crippen molar-refractivity contribution < 1.29 is 4.74 Å². The molecule has 0 aliphatic carbocycles. The molecule has 0 spiro atoms. The van der Waals surface area contributed by atoms with Crippen LogP contribution in [0.4, 0.5) is 11.8 Å². The molecule has 166 valence electrons. The van der Waals surface area contributed by atoms with Gasteiger partial charge in [0, 0.05) is 12.1 Å². The molecule has 0 amide bonds. The molecule has 0 saturated heterocycles. The van der Waals surface area contributed by atoms with Crippen LogP contribution in [0.1, 0.15) is 34.6 Å². The van der Waals surface area contributed by atoms with Crippen LogP contribution in [-0.2, 0) is 5.54 Å². The molecule has 2 aromatic heterocycles. The van der Waals surface area contributed by atoms with Crippen LogP contribution in [0.3, 0.4) is 0 Å². The molecule has 0 bridgehead atoms. The van der Waals surface area contributed by atoms with Crippen molar-refractivity contribution in [2.24, 2.45) is 5.92 Å². The van der Waals surface area contributed by atoms with Crippen molar-refractivity contribution in [1.82, 2.24) is 19.7 Å². The summed E-state index contributed by atoms with van der Waals surface area (Å²) in [5.74, 6) is 3.04. The minimum atomic E-state index is -0.286. The normalized spacial score (nSPS) is 11.8. The molecular weight excluding hydrogens is 400 g/mol. The van der Waals surface area contributed by atoms with Gasteiger partial charge in [0.1, 0.15) is 17.3 Å². The Morgan fingerprint density at radius 1 is 1.00 bits per heavy atom. The minimum absolute atomic E-state index is 0.286. The fourth-order valence-corrected chi connectivity index (χ4v) is 3.44. The number of anilines is 2. The molecule has 2 heterocycles. The lowest BCUT2D eigenvalue weighted by atomic mass is 10.1. The number of nitrogens with one attached hydrogen (secondary N) is 1. The molecule has 0 saturated carbocycles. The van der Waals surface area contributed by atoms with Crippen molar-refractivity contribution in [2.45, 2.75) is 40.2 Å². The fourth-order valence-electron chi connectivity index (χ4n) is 3.44. The van der Waals surface area contributed by atoms with Crippen LogP contribution in [0.5, 0.6) is 11.5 Å². The maximum absolute atomic E-state index is 6.57. The van der Waals surface area contributed by atoms with Gasteiger partial charge in [0.25, 0.3) is 0 Å². The number of rotatable bonds is 6. The molecule has 0 aliphatic heterocycles. The Morgan fingerprint density at radius 3 is 2.41 bits per heavy atom. The van der Waals surface area contributed by atoms with Crippen molar-refractivity contribution in [1.29, 1.82) is 0 Å². The van der Waals surface area contributed by atoms with Gasteiger partial charge in [-0.3, -0.25) is 0 Å². The van der Waals surface area contributed by atoms with E-state index in [1.807, 2.05) is 59.3 Å². The van der Waals surface area contributed by atoms with E-state index in [1.54, 1.807) is 0 Å². The maximum Gasteiger partial charge on any atom is 0.225 e. The first-order valence-corrected chi connectivity index (χ1v) is 10.9. The van der Waals surface area contributed by atoms with Crippen LogP contribution in [0.25, 0.3) is 22.3 Å². The summed E-state index contributed by atoms with van der Waals surface area (Å²) in [5, 5.41) is 8.78. The molecule has 7 heteroatoms. The summed E-state index contributed by atoms with van der Waals surface area (Å²) >= 11 is 0. The van der Waals surface area contributed by atoms with Gasteiger partial charge in [-0.1, -0.05) is 44.2 Å². The largest absolute Gasteiger partial charge is 0.457 e. The van der Waals surface area contributed by atoms with Crippen molar-refractivity contribution in [2.75, 3.05) is 17.6 Å². The van der Waals surface area contributed by atoms with E-state index >= 15 is 0 Å². The lowest BCUT2D eigenvalue weighted by Crippen LogP contribution is -2.24. The van der Waals surface area contributed by atoms with E-state index in [0.717, 1.165) is 34.7 Å². The highest BCUT2D eigenvalue weighted by atomic mass is 16.5. The molecule has 0 unspecified atom stereocenters. The number of nitrogens with two attached hydrogens (primary N) is 1. The highest BCUT2D eigenvalue weighted by Crippen LogP contribution is 2.35. The average molecular weight is 431 g/mol. The van der Waals surface area contributed by atoms with E-state index in [4.69, 9.17) is 20.6 Å². The molecule has 3 N–H and O–H groups in total. The molecule has 32 heavy (non-hydrogen) atoms. The third-order valence-corrected chi connectivity index (χ3v) is 4.96. The van der Waals surface area contributed by atoms with E-state index in [0.29, 0.717) is 23.3 Å². The molecule has 2 aromatic carbocycles. The summed E-state index contributed by atoms with van der Waals surface area (Å²) in [6.07, 6.45) is 0. The number of aromatic nitrogens is 4. The number of nitrogen functional groups attached to an aromatic ring is 1. The van der Waals surface area contributed by atoms with Crippen LogP contribution in [0.2, 0.25) is 0 Å². The van der Waals surface area contributed by atoms with Gasteiger partial charge in [-0.15, -0.1) is 5.10 Å². The van der Waals surface area contributed by atoms with E-state index in [2.05, 4.69) is 44.9 Å². The van der Waals surface area contributed by atoms with E-state index in [9.17, 15) is 0 Å². The molecular formula is C25H30N6O. The van der Waals surface area contributed by atoms with Gasteiger partial charge in [-0.2, -0.15) is 4.98 Å². The van der Waals surface area contributed by atoms with Crippen LogP contribution in [0, 0.1) is 5.92 Å². The Morgan fingerprint density at radius 2 is 1.72 bits per heavy atom. The monoisotopic (exact) mass is 430 g/mol. The molecule has 4 aromatic rings. The molecule has 0 aliphatic rings. The first-order valence-electron chi connectivity index (χ1n) is 10.9. The van der Waals surface area contributed by atoms with Gasteiger partial charge in [-0.05, 0) is 51.0 Å². The number of benzene rings is 2. The smallest absolute Gasteiger partial charge is 0.225 e.